The van der Waals surface area contributed by atoms with Crippen LogP contribution < -0.4 is 0 Å². The molecular weight excluding hydrogens is 373 g/mol. The molecule has 0 amide bonds. The number of ether oxygens (including phenoxy) is 1. The van der Waals surface area contributed by atoms with Crippen LogP contribution in [0.15, 0.2) is 47.4 Å². The Morgan fingerprint density at radius 3 is 2.69 bits per heavy atom. The van der Waals surface area contributed by atoms with Crippen LogP contribution in [0.1, 0.15) is 29.8 Å². The number of likely N-dealkylation sites (N-methyl/N-ethyl adjacent to an activating group) is 1. The van der Waals surface area contributed by atoms with Crippen molar-refractivity contribution in [2.45, 2.75) is 25.8 Å². The lowest BCUT2D eigenvalue weighted by atomic mass is 9.78. The summed E-state index contributed by atoms with van der Waals surface area (Å²) in [5, 5.41) is 9.97. The summed E-state index contributed by atoms with van der Waals surface area (Å²) in [6.45, 7) is 4.25. The van der Waals surface area contributed by atoms with Crippen molar-refractivity contribution in [1.82, 2.24) is 4.90 Å². The summed E-state index contributed by atoms with van der Waals surface area (Å²) in [4.78, 5) is 13.6. The van der Waals surface area contributed by atoms with Gasteiger partial charge in [-0.25, -0.2) is 4.79 Å². The molecule has 3 rings (SSSR count). The van der Waals surface area contributed by atoms with Crippen LogP contribution >= 0.6 is 23.2 Å². The van der Waals surface area contributed by atoms with E-state index in [1.807, 2.05) is 13.1 Å². The average molecular weight is 394 g/mol. The maximum atomic E-state index is 11.4. The fraction of sp³-hybridized carbons (Fsp3) is 0.350. The lowest BCUT2D eigenvalue weighted by Crippen LogP contribution is -2.44. The van der Waals surface area contributed by atoms with E-state index in [0.717, 1.165) is 11.5 Å². The number of methoxy groups -OCH3 is 1. The molecule has 0 saturated carbocycles. The van der Waals surface area contributed by atoms with Crippen molar-refractivity contribution in [3.05, 3.63) is 68.6 Å². The second-order valence-corrected chi connectivity index (χ2v) is 7.71. The number of carboxylic acids is 1. The fourth-order valence-electron chi connectivity index (χ4n) is 3.82. The van der Waals surface area contributed by atoms with Crippen molar-refractivity contribution >= 4 is 29.2 Å². The number of hydrogen-bond donors (Lipinski definition) is 1. The zero-order chi connectivity index (χ0) is 19.2. The van der Waals surface area contributed by atoms with Crippen molar-refractivity contribution in [3.8, 4) is 0 Å². The predicted octanol–water partition coefficient (Wildman–Crippen LogP) is 4.93. The molecule has 0 aromatic heterocycles. The molecule has 1 aliphatic carbocycles. The first-order valence-electron chi connectivity index (χ1n) is 8.28. The SMILES string of the molecule is COC1=CC2(C)C(C=C(Cc3c(Cl)ccc(C(=O)O)c3Cl)N2C)C(C)=C1. The van der Waals surface area contributed by atoms with Gasteiger partial charge >= 0.3 is 5.97 Å². The Morgan fingerprint density at radius 1 is 1.38 bits per heavy atom. The zero-order valence-corrected chi connectivity index (χ0v) is 16.6. The molecule has 2 unspecified atom stereocenters. The number of carboxylic acid groups (broad SMARTS) is 1. The van der Waals surface area contributed by atoms with Gasteiger partial charge in [0.25, 0.3) is 0 Å². The lowest BCUT2D eigenvalue weighted by Gasteiger charge is -2.40. The molecule has 1 aliphatic heterocycles. The third-order valence-electron chi connectivity index (χ3n) is 5.45. The Morgan fingerprint density at radius 2 is 2.08 bits per heavy atom. The smallest absolute Gasteiger partial charge is 0.337 e. The van der Waals surface area contributed by atoms with Crippen LogP contribution in [0.2, 0.25) is 10.0 Å². The summed E-state index contributed by atoms with van der Waals surface area (Å²) in [7, 11) is 3.69. The number of fused-ring (bicyclic) bond motifs is 1. The van der Waals surface area contributed by atoms with E-state index in [1.54, 1.807) is 13.2 Å². The molecule has 2 aliphatic rings. The standard InChI is InChI=1S/C20H21Cl2NO3/c1-11-7-13(26-4)10-20(2)16(11)9-12(23(20)3)8-15-17(21)6-5-14(18(15)22)19(24)25/h5-7,9-10,16H,8H2,1-4H3,(H,24,25). The highest BCUT2D eigenvalue weighted by Crippen LogP contribution is 2.45. The van der Waals surface area contributed by atoms with Crippen LogP contribution in [0.5, 0.6) is 0 Å². The Bertz CT molecular complexity index is 872. The van der Waals surface area contributed by atoms with Gasteiger partial charge in [0.2, 0.25) is 0 Å². The minimum Gasteiger partial charge on any atom is -0.497 e. The van der Waals surface area contributed by atoms with Gasteiger partial charge in [-0.15, -0.1) is 0 Å². The molecule has 2 atom stereocenters. The number of benzene rings is 1. The molecule has 0 radical (unpaired) electrons. The Balaban J connectivity index is 2.00. The maximum Gasteiger partial charge on any atom is 0.337 e. The first-order chi connectivity index (χ1) is 12.2. The first kappa shape index (κ1) is 18.9. The molecule has 1 aromatic rings. The van der Waals surface area contributed by atoms with Gasteiger partial charge in [0.15, 0.2) is 0 Å². The van der Waals surface area contributed by atoms with E-state index < -0.39 is 5.97 Å². The van der Waals surface area contributed by atoms with Crippen molar-refractivity contribution in [2.24, 2.45) is 5.92 Å². The Labute approximate surface area is 163 Å². The van der Waals surface area contributed by atoms with E-state index in [9.17, 15) is 9.90 Å². The number of hydrogen-bond acceptors (Lipinski definition) is 3. The van der Waals surface area contributed by atoms with Crippen molar-refractivity contribution in [1.29, 1.82) is 0 Å². The molecule has 1 heterocycles. The quantitative estimate of drug-likeness (QED) is 0.787. The summed E-state index contributed by atoms with van der Waals surface area (Å²) in [5.41, 5.74) is 2.71. The van der Waals surface area contributed by atoms with E-state index in [4.69, 9.17) is 27.9 Å². The van der Waals surface area contributed by atoms with Crippen LogP contribution in [-0.4, -0.2) is 35.7 Å². The molecule has 1 N–H and O–H groups in total. The number of carbonyl (C=O) groups is 1. The summed E-state index contributed by atoms with van der Waals surface area (Å²) in [6, 6.07) is 3.02. The van der Waals surface area contributed by atoms with Crippen molar-refractivity contribution in [3.63, 3.8) is 0 Å². The molecule has 0 fully saturated rings. The molecule has 4 nitrogen and oxygen atoms in total. The lowest BCUT2D eigenvalue weighted by molar-refractivity contribution is 0.0697. The number of rotatable bonds is 4. The molecule has 0 spiro atoms. The highest BCUT2D eigenvalue weighted by molar-refractivity contribution is 6.37. The number of aromatic carboxylic acids is 1. The summed E-state index contributed by atoms with van der Waals surface area (Å²) in [5.74, 6) is -0.0120. The van der Waals surface area contributed by atoms with Crippen molar-refractivity contribution < 1.29 is 14.6 Å². The molecule has 1 aromatic carbocycles. The van der Waals surface area contributed by atoms with Crippen molar-refractivity contribution in [2.75, 3.05) is 14.2 Å². The molecule has 6 heteroatoms. The summed E-state index contributed by atoms with van der Waals surface area (Å²) >= 11 is 12.7. The number of allylic oxidation sites excluding steroid dienone is 2. The molecule has 0 bridgehead atoms. The average Bonchev–Trinajstić information content (AvgIpc) is 2.83. The van der Waals surface area contributed by atoms with E-state index in [-0.39, 0.29) is 22.0 Å². The minimum atomic E-state index is -1.06. The zero-order valence-electron chi connectivity index (χ0n) is 15.1. The van der Waals surface area contributed by atoms with E-state index in [1.165, 1.54) is 11.6 Å². The normalized spacial score (nSPS) is 24.6. The van der Waals surface area contributed by atoms with Gasteiger partial charge in [-0.2, -0.15) is 0 Å². The maximum absolute atomic E-state index is 11.4. The number of halogens is 2. The van der Waals surface area contributed by atoms with Gasteiger partial charge in [0.05, 0.1) is 23.2 Å². The van der Waals surface area contributed by atoms with Gasteiger partial charge in [0.1, 0.15) is 5.76 Å². The van der Waals surface area contributed by atoms with Crippen LogP contribution in [0.4, 0.5) is 0 Å². The highest BCUT2D eigenvalue weighted by atomic mass is 35.5. The molecule has 0 saturated heterocycles. The molecular formula is C20H21Cl2NO3. The van der Waals surface area contributed by atoms with Crippen LogP contribution in [0, 0.1) is 5.92 Å². The summed E-state index contributed by atoms with van der Waals surface area (Å²) < 4.78 is 5.44. The van der Waals surface area contributed by atoms with Crippen LogP contribution in [0.3, 0.4) is 0 Å². The second-order valence-electron chi connectivity index (χ2n) is 6.93. The van der Waals surface area contributed by atoms with Gasteiger partial charge in [-0.05, 0) is 43.7 Å². The van der Waals surface area contributed by atoms with Crippen LogP contribution in [-0.2, 0) is 11.2 Å². The monoisotopic (exact) mass is 393 g/mol. The second kappa shape index (κ2) is 6.67. The largest absolute Gasteiger partial charge is 0.497 e. The van der Waals surface area contributed by atoms with E-state index in [2.05, 4.69) is 30.9 Å². The summed E-state index contributed by atoms with van der Waals surface area (Å²) in [6.07, 6.45) is 6.83. The van der Waals surface area contributed by atoms with Gasteiger partial charge in [-0.1, -0.05) is 34.9 Å². The fourth-order valence-corrected chi connectivity index (χ4v) is 4.40. The minimum absolute atomic E-state index is 0.0635. The first-order valence-corrected chi connectivity index (χ1v) is 9.04. The third-order valence-corrected chi connectivity index (χ3v) is 6.23. The Kier molecular flexibility index (Phi) is 4.84. The molecule has 138 valence electrons. The van der Waals surface area contributed by atoms with E-state index in [0.29, 0.717) is 17.0 Å². The van der Waals surface area contributed by atoms with E-state index >= 15 is 0 Å². The highest BCUT2D eigenvalue weighted by Gasteiger charge is 2.44. The third kappa shape index (κ3) is 2.91. The topological polar surface area (TPSA) is 49.8 Å². The predicted molar refractivity (Wildman–Crippen MR) is 104 cm³/mol. The van der Waals surface area contributed by atoms with Gasteiger partial charge < -0.3 is 14.7 Å². The van der Waals surface area contributed by atoms with Gasteiger partial charge in [-0.3, -0.25) is 0 Å². The Hall–Kier alpha value is -1.91. The van der Waals surface area contributed by atoms with Gasteiger partial charge in [0, 0.05) is 30.1 Å². The molecule has 26 heavy (non-hydrogen) atoms. The van der Waals surface area contributed by atoms with Crippen LogP contribution in [0.25, 0.3) is 0 Å². The number of nitrogens with zero attached hydrogens (tertiary/aromatic N) is 1.